The van der Waals surface area contributed by atoms with E-state index in [0.717, 1.165) is 25.1 Å². The fourth-order valence-electron chi connectivity index (χ4n) is 2.94. The molecule has 0 saturated carbocycles. The first-order valence-electron chi connectivity index (χ1n) is 7.49. The van der Waals surface area contributed by atoms with E-state index in [1.165, 1.54) is 5.56 Å². The second-order valence-corrected chi connectivity index (χ2v) is 7.81. The van der Waals surface area contributed by atoms with Gasteiger partial charge in [0.25, 0.3) is 0 Å². The van der Waals surface area contributed by atoms with Crippen LogP contribution in [0.25, 0.3) is 0 Å². The first-order chi connectivity index (χ1) is 9.98. The Morgan fingerprint density at radius 1 is 1.33 bits per heavy atom. The van der Waals surface area contributed by atoms with Crippen LogP contribution in [0.1, 0.15) is 25.8 Å². The Hall–Kier alpha value is -1.11. The molecule has 0 aromatic heterocycles. The van der Waals surface area contributed by atoms with Gasteiger partial charge in [-0.2, -0.15) is 4.31 Å². The molecule has 0 spiro atoms. The lowest BCUT2D eigenvalue weighted by Crippen LogP contribution is -2.50. The molecule has 0 amide bonds. The third kappa shape index (κ3) is 2.80. The van der Waals surface area contributed by atoms with E-state index in [0.29, 0.717) is 18.0 Å². The smallest absolute Gasteiger partial charge is 0.243 e. The zero-order chi connectivity index (χ0) is 15.0. The summed E-state index contributed by atoms with van der Waals surface area (Å²) in [6.07, 6.45) is 2.04. The van der Waals surface area contributed by atoms with Gasteiger partial charge < -0.3 is 10.1 Å². The number of ether oxygens (including phenoxy) is 1. The van der Waals surface area contributed by atoms with Gasteiger partial charge in [0.2, 0.25) is 10.0 Å². The molecule has 2 aliphatic rings. The Labute approximate surface area is 126 Å². The van der Waals surface area contributed by atoms with Crippen molar-refractivity contribution in [1.29, 1.82) is 0 Å². The highest BCUT2D eigenvalue weighted by Gasteiger charge is 2.34. The molecular weight excluding hydrogens is 288 g/mol. The average Bonchev–Trinajstić information content (AvgIpc) is 2.49. The van der Waals surface area contributed by atoms with E-state index in [2.05, 4.69) is 5.32 Å². The van der Waals surface area contributed by atoms with Gasteiger partial charge in [-0.05, 0) is 44.4 Å². The number of sulfonamides is 1. The predicted molar refractivity (Wildman–Crippen MR) is 82.0 cm³/mol. The summed E-state index contributed by atoms with van der Waals surface area (Å²) in [5.41, 5.74) is 2.15. The summed E-state index contributed by atoms with van der Waals surface area (Å²) in [7, 11) is -3.46. The molecule has 1 aromatic carbocycles. The van der Waals surface area contributed by atoms with Crippen LogP contribution in [0.5, 0.6) is 0 Å². The van der Waals surface area contributed by atoms with Crippen LogP contribution < -0.4 is 5.32 Å². The van der Waals surface area contributed by atoms with Gasteiger partial charge in [-0.25, -0.2) is 8.42 Å². The first-order valence-corrected chi connectivity index (χ1v) is 8.93. The van der Waals surface area contributed by atoms with E-state index < -0.39 is 10.0 Å². The maximum Gasteiger partial charge on any atom is 0.243 e. The van der Waals surface area contributed by atoms with Crippen LogP contribution in [-0.2, 0) is 21.2 Å². The second-order valence-electron chi connectivity index (χ2n) is 5.92. The van der Waals surface area contributed by atoms with Crippen molar-refractivity contribution in [2.24, 2.45) is 0 Å². The van der Waals surface area contributed by atoms with Crippen molar-refractivity contribution in [3.8, 4) is 0 Å². The maximum absolute atomic E-state index is 12.9. The molecular formula is C15H22N2O3S. The highest BCUT2D eigenvalue weighted by molar-refractivity contribution is 7.89. The molecule has 0 bridgehead atoms. The molecule has 2 aliphatic heterocycles. The molecule has 0 radical (unpaired) electrons. The van der Waals surface area contributed by atoms with Crippen LogP contribution in [0, 0.1) is 0 Å². The number of rotatable bonds is 2. The van der Waals surface area contributed by atoms with Crippen LogP contribution >= 0.6 is 0 Å². The number of fused-ring (bicyclic) bond motifs is 1. The molecule has 1 saturated heterocycles. The maximum atomic E-state index is 12.9. The molecule has 1 aromatic rings. The van der Waals surface area contributed by atoms with Crippen molar-refractivity contribution < 1.29 is 13.2 Å². The van der Waals surface area contributed by atoms with Crippen molar-refractivity contribution in [3.05, 3.63) is 23.8 Å². The number of aryl methyl sites for hydroxylation is 1. The molecule has 6 heteroatoms. The minimum atomic E-state index is -3.46. The zero-order valence-corrected chi connectivity index (χ0v) is 13.3. The highest BCUT2D eigenvalue weighted by atomic mass is 32.2. The molecule has 2 atom stereocenters. The lowest BCUT2D eigenvalue weighted by molar-refractivity contribution is -0.0170. The third-order valence-electron chi connectivity index (χ3n) is 4.18. The Balaban J connectivity index is 1.94. The van der Waals surface area contributed by atoms with Crippen molar-refractivity contribution in [2.45, 2.75) is 43.7 Å². The zero-order valence-electron chi connectivity index (χ0n) is 12.5. The summed E-state index contributed by atoms with van der Waals surface area (Å²) in [5.74, 6) is 0. The quantitative estimate of drug-likeness (QED) is 0.905. The number of nitrogens with one attached hydrogen (secondary N) is 1. The summed E-state index contributed by atoms with van der Waals surface area (Å²) in [6, 6.07) is 5.31. The molecule has 2 unspecified atom stereocenters. The third-order valence-corrected chi connectivity index (χ3v) is 6.15. The molecule has 1 N–H and O–H groups in total. The van der Waals surface area contributed by atoms with Crippen LogP contribution in [0.2, 0.25) is 0 Å². The van der Waals surface area contributed by atoms with Crippen molar-refractivity contribution in [1.82, 2.24) is 4.31 Å². The van der Waals surface area contributed by atoms with Gasteiger partial charge in [-0.3, -0.25) is 0 Å². The average molecular weight is 310 g/mol. The van der Waals surface area contributed by atoms with Crippen LogP contribution in [0.4, 0.5) is 5.69 Å². The number of nitrogens with zero attached hydrogens (tertiary/aromatic N) is 1. The van der Waals surface area contributed by atoms with Gasteiger partial charge in [0.1, 0.15) is 0 Å². The number of benzene rings is 1. The number of hydrogen-bond donors (Lipinski definition) is 1. The van der Waals surface area contributed by atoms with E-state index in [4.69, 9.17) is 4.74 Å². The fraction of sp³-hybridized carbons (Fsp3) is 0.600. The summed E-state index contributed by atoms with van der Waals surface area (Å²) in [6.45, 7) is 5.56. The molecule has 116 valence electrons. The van der Waals surface area contributed by atoms with Crippen LogP contribution in [0.15, 0.2) is 23.1 Å². The first kappa shape index (κ1) is 14.8. The molecule has 5 nitrogen and oxygen atoms in total. The van der Waals surface area contributed by atoms with Gasteiger partial charge >= 0.3 is 0 Å². The topological polar surface area (TPSA) is 58.6 Å². The van der Waals surface area contributed by atoms with Gasteiger partial charge in [0, 0.05) is 24.8 Å². The predicted octanol–water partition coefficient (Wildman–Crippen LogP) is 1.84. The highest BCUT2D eigenvalue weighted by Crippen LogP contribution is 2.28. The Morgan fingerprint density at radius 3 is 2.95 bits per heavy atom. The van der Waals surface area contributed by atoms with Crippen molar-refractivity contribution in [3.63, 3.8) is 0 Å². The van der Waals surface area contributed by atoms with Gasteiger partial charge in [-0.1, -0.05) is 6.07 Å². The Kier molecular flexibility index (Phi) is 3.94. The monoisotopic (exact) mass is 310 g/mol. The molecule has 1 fully saturated rings. The second kappa shape index (κ2) is 5.59. The lowest BCUT2D eigenvalue weighted by Gasteiger charge is -2.35. The normalized spacial score (nSPS) is 27.0. The minimum Gasteiger partial charge on any atom is -0.385 e. The van der Waals surface area contributed by atoms with E-state index in [1.54, 1.807) is 16.4 Å². The summed E-state index contributed by atoms with van der Waals surface area (Å²) in [4.78, 5) is 0.372. The van der Waals surface area contributed by atoms with Crippen molar-refractivity contribution >= 4 is 15.7 Å². The molecule has 3 rings (SSSR count). The molecule has 2 heterocycles. The standard InChI is InChI=1S/C15H22N2O3S/c1-11-10-20-12(2)9-17(11)21(18,19)14-6-5-13-4-3-7-16-15(13)8-14/h5-6,8,11-12,16H,3-4,7,9-10H2,1-2H3. The van der Waals surface area contributed by atoms with Crippen LogP contribution in [0.3, 0.4) is 0 Å². The molecule has 0 aliphatic carbocycles. The number of morpholine rings is 1. The van der Waals surface area contributed by atoms with Crippen LogP contribution in [-0.4, -0.2) is 44.6 Å². The fourth-order valence-corrected chi connectivity index (χ4v) is 4.66. The summed E-state index contributed by atoms with van der Waals surface area (Å²) < 4.78 is 32.8. The lowest BCUT2D eigenvalue weighted by atomic mass is 10.0. The van der Waals surface area contributed by atoms with E-state index in [9.17, 15) is 8.42 Å². The number of hydrogen-bond acceptors (Lipinski definition) is 4. The molecule has 21 heavy (non-hydrogen) atoms. The Morgan fingerprint density at radius 2 is 2.14 bits per heavy atom. The van der Waals surface area contributed by atoms with E-state index in [1.807, 2.05) is 19.9 Å². The van der Waals surface area contributed by atoms with Gasteiger partial charge in [-0.15, -0.1) is 0 Å². The Bertz CT molecular complexity index is 630. The largest absolute Gasteiger partial charge is 0.385 e. The SMILES string of the molecule is CC1CN(S(=O)(=O)c2ccc3c(c2)NCCC3)C(C)CO1. The summed E-state index contributed by atoms with van der Waals surface area (Å²) in [5, 5.41) is 3.29. The van der Waals surface area contributed by atoms with Crippen molar-refractivity contribution in [2.75, 3.05) is 25.0 Å². The van der Waals surface area contributed by atoms with E-state index >= 15 is 0 Å². The van der Waals surface area contributed by atoms with E-state index in [-0.39, 0.29) is 12.1 Å². The van der Waals surface area contributed by atoms with Gasteiger partial charge in [0.05, 0.1) is 17.6 Å². The summed E-state index contributed by atoms with van der Waals surface area (Å²) >= 11 is 0. The minimum absolute atomic E-state index is 0.0632. The number of anilines is 1. The van der Waals surface area contributed by atoms with Gasteiger partial charge in [0.15, 0.2) is 0 Å².